The van der Waals surface area contributed by atoms with Gasteiger partial charge in [-0.1, -0.05) is 26.0 Å². The zero-order valence-corrected chi connectivity index (χ0v) is 21.5. The standard InChI is InChI=1S/C24H22F3N5O4.C2H6/c1-4-6-7-15(22(34)36-5-2)8-11-21(33)31-19-13-29-20(14-28-19)32-18-10-9-16(35-3)12-17(18)30-23(32)24(25,26)27;1-2/h4,6-14H,5H2,1-3H3,(H,28,31,33);1-2H3/b6-4-,11-8+,15-7+;. The summed E-state index contributed by atoms with van der Waals surface area (Å²) in [4.78, 5) is 36.0. The van der Waals surface area contributed by atoms with Crippen LogP contribution in [0.25, 0.3) is 16.9 Å². The monoisotopic (exact) mass is 531 g/mol. The predicted molar refractivity (Wildman–Crippen MR) is 137 cm³/mol. The molecule has 0 radical (unpaired) electrons. The maximum Gasteiger partial charge on any atom is 0.450 e. The maximum atomic E-state index is 13.7. The Bertz CT molecular complexity index is 1340. The number of nitrogens with zero attached hydrogens (tertiary/aromatic N) is 4. The lowest BCUT2D eigenvalue weighted by Crippen LogP contribution is -2.15. The molecule has 1 amide bonds. The number of alkyl halides is 3. The summed E-state index contributed by atoms with van der Waals surface area (Å²) < 4.78 is 51.8. The van der Waals surface area contributed by atoms with E-state index >= 15 is 0 Å². The molecular weight excluding hydrogens is 503 g/mol. The number of benzene rings is 1. The fraction of sp³-hybridized carbons (Fsp3) is 0.269. The summed E-state index contributed by atoms with van der Waals surface area (Å²) in [7, 11) is 1.40. The van der Waals surface area contributed by atoms with Crippen LogP contribution < -0.4 is 10.1 Å². The molecule has 0 aliphatic rings. The molecule has 0 atom stereocenters. The summed E-state index contributed by atoms with van der Waals surface area (Å²) in [6, 6.07) is 4.32. The van der Waals surface area contributed by atoms with Crippen molar-refractivity contribution in [2.75, 3.05) is 19.0 Å². The largest absolute Gasteiger partial charge is 0.497 e. The second-order valence-corrected chi connectivity index (χ2v) is 7.07. The summed E-state index contributed by atoms with van der Waals surface area (Å²) in [5, 5.41) is 2.43. The second kappa shape index (κ2) is 13.7. The van der Waals surface area contributed by atoms with E-state index in [4.69, 9.17) is 9.47 Å². The van der Waals surface area contributed by atoms with E-state index in [0.29, 0.717) is 5.75 Å². The van der Waals surface area contributed by atoms with Crippen molar-refractivity contribution in [2.45, 2.75) is 33.9 Å². The highest BCUT2D eigenvalue weighted by Gasteiger charge is 2.38. The summed E-state index contributed by atoms with van der Waals surface area (Å²) in [5.74, 6) is -2.23. The molecule has 0 fully saturated rings. The lowest BCUT2D eigenvalue weighted by atomic mass is 10.2. The number of halogens is 3. The first-order chi connectivity index (χ1) is 18.2. The van der Waals surface area contributed by atoms with Crippen LogP contribution in [0, 0.1) is 0 Å². The molecule has 0 aliphatic heterocycles. The van der Waals surface area contributed by atoms with E-state index in [0.717, 1.165) is 23.0 Å². The molecule has 0 bridgehead atoms. The second-order valence-electron chi connectivity index (χ2n) is 7.07. The van der Waals surface area contributed by atoms with Crippen LogP contribution in [0.3, 0.4) is 0 Å². The van der Waals surface area contributed by atoms with Gasteiger partial charge in [0.05, 0.1) is 42.7 Å². The van der Waals surface area contributed by atoms with Gasteiger partial charge in [0.25, 0.3) is 0 Å². The number of methoxy groups -OCH3 is 1. The van der Waals surface area contributed by atoms with Crippen molar-refractivity contribution in [3.8, 4) is 11.6 Å². The zero-order valence-electron chi connectivity index (χ0n) is 21.5. The lowest BCUT2D eigenvalue weighted by molar-refractivity contribution is -0.145. The molecule has 0 saturated heterocycles. The molecule has 0 aliphatic carbocycles. The van der Waals surface area contributed by atoms with E-state index in [1.807, 2.05) is 13.8 Å². The number of esters is 1. The molecule has 0 saturated carbocycles. The van der Waals surface area contributed by atoms with Crippen LogP contribution in [0.5, 0.6) is 5.75 Å². The number of amides is 1. The minimum absolute atomic E-state index is 0.0110. The quantitative estimate of drug-likeness (QED) is 0.235. The molecule has 12 heteroatoms. The predicted octanol–water partition coefficient (Wildman–Crippen LogP) is 5.43. The molecule has 3 aromatic rings. The molecule has 0 unspecified atom stereocenters. The van der Waals surface area contributed by atoms with E-state index in [1.54, 1.807) is 26.0 Å². The van der Waals surface area contributed by atoms with E-state index in [1.165, 1.54) is 37.5 Å². The van der Waals surface area contributed by atoms with Crippen molar-refractivity contribution in [2.24, 2.45) is 0 Å². The van der Waals surface area contributed by atoms with Gasteiger partial charge in [0.1, 0.15) is 5.75 Å². The van der Waals surface area contributed by atoms with Crippen LogP contribution in [0.2, 0.25) is 0 Å². The Balaban J connectivity index is 0.00000247. The third kappa shape index (κ3) is 7.51. The van der Waals surface area contributed by atoms with Gasteiger partial charge in [0.15, 0.2) is 11.6 Å². The number of fused-ring (bicyclic) bond motifs is 1. The number of aromatic nitrogens is 4. The molecule has 1 N–H and O–H groups in total. The number of imidazole rings is 1. The Morgan fingerprint density at radius 2 is 1.87 bits per heavy atom. The Labute approximate surface area is 217 Å². The van der Waals surface area contributed by atoms with Crippen molar-refractivity contribution in [1.82, 2.24) is 19.5 Å². The van der Waals surface area contributed by atoms with Gasteiger partial charge in [0.2, 0.25) is 11.7 Å². The van der Waals surface area contributed by atoms with Crippen molar-refractivity contribution in [3.63, 3.8) is 0 Å². The lowest BCUT2D eigenvalue weighted by Gasteiger charge is -2.11. The SMILES string of the molecule is CC.C\C=C/C=C(\C=C\C(=O)Nc1cnc(-n2c(C(F)(F)F)nc3cc(OC)ccc32)cn1)C(=O)OCC. The summed E-state index contributed by atoms with van der Waals surface area (Å²) in [5.41, 5.74) is 0.362. The summed E-state index contributed by atoms with van der Waals surface area (Å²) in [6.07, 6.45) is 4.60. The summed E-state index contributed by atoms with van der Waals surface area (Å²) in [6.45, 7) is 7.59. The first-order valence-electron chi connectivity index (χ1n) is 11.6. The molecule has 1 aromatic carbocycles. The number of rotatable bonds is 8. The van der Waals surface area contributed by atoms with Gasteiger partial charge in [0, 0.05) is 12.1 Å². The summed E-state index contributed by atoms with van der Waals surface area (Å²) >= 11 is 0. The maximum absolute atomic E-state index is 13.7. The first-order valence-corrected chi connectivity index (χ1v) is 11.6. The fourth-order valence-electron chi connectivity index (χ4n) is 3.05. The average molecular weight is 532 g/mol. The van der Waals surface area contributed by atoms with Gasteiger partial charge in [-0.3, -0.25) is 9.36 Å². The van der Waals surface area contributed by atoms with Crippen LogP contribution in [0.1, 0.15) is 33.5 Å². The van der Waals surface area contributed by atoms with Gasteiger partial charge in [-0.2, -0.15) is 13.2 Å². The zero-order chi connectivity index (χ0) is 28.3. The number of carbonyl (C=O) groups is 2. The van der Waals surface area contributed by atoms with Crippen molar-refractivity contribution in [1.29, 1.82) is 0 Å². The molecule has 3 rings (SSSR count). The number of hydrogen-bond donors (Lipinski definition) is 1. The number of ether oxygens (including phenoxy) is 2. The van der Waals surface area contributed by atoms with Crippen molar-refractivity contribution >= 4 is 28.7 Å². The van der Waals surface area contributed by atoms with Crippen LogP contribution in [-0.2, 0) is 20.5 Å². The first kappa shape index (κ1) is 29.7. The highest BCUT2D eigenvalue weighted by atomic mass is 19.4. The van der Waals surface area contributed by atoms with Crippen molar-refractivity contribution in [3.05, 3.63) is 72.4 Å². The molecule has 9 nitrogen and oxygen atoms in total. The molecule has 0 spiro atoms. The third-order valence-corrected chi connectivity index (χ3v) is 4.63. The van der Waals surface area contributed by atoms with Crippen LogP contribution >= 0.6 is 0 Å². The molecular formula is C26H28F3N5O4. The van der Waals surface area contributed by atoms with E-state index in [9.17, 15) is 22.8 Å². The van der Waals surface area contributed by atoms with Crippen LogP contribution in [-0.4, -0.2) is 45.1 Å². The highest BCUT2D eigenvalue weighted by molar-refractivity contribution is 6.01. The number of nitrogens with one attached hydrogen (secondary N) is 1. The molecule has 38 heavy (non-hydrogen) atoms. The van der Waals surface area contributed by atoms with Gasteiger partial charge in [-0.15, -0.1) is 0 Å². The third-order valence-electron chi connectivity index (χ3n) is 4.63. The van der Waals surface area contributed by atoms with Gasteiger partial charge in [-0.25, -0.2) is 19.7 Å². The minimum Gasteiger partial charge on any atom is -0.497 e. The Morgan fingerprint density at radius 1 is 1.13 bits per heavy atom. The number of allylic oxidation sites excluding steroid dienone is 3. The van der Waals surface area contributed by atoms with Gasteiger partial charge < -0.3 is 14.8 Å². The fourth-order valence-corrected chi connectivity index (χ4v) is 3.05. The van der Waals surface area contributed by atoms with Crippen molar-refractivity contribution < 1.29 is 32.2 Å². The van der Waals surface area contributed by atoms with E-state index < -0.39 is 23.9 Å². The minimum atomic E-state index is -4.76. The number of anilines is 1. The Hall–Kier alpha value is -4.48. The Kier molecular flexibility index (Phi) is 10.7. The van der Waals surface area contributed by atoms with Crippen LogP contribution in [0.4, 0.5) is 19.0 Å². The average Bonchev–Trinajstić information content (AvgIpc) is 3.30. The smallest absolute Gasteiger partial charge is 0.450 e. The molecule has 2 aromatic heterocycles. The normalized spacial score (nSPS) is 11.9. The van der Waals surface area contributed by atoms with E-state index in [2.05, 4.69) is 20.3 Å². The topological polar surface area (TPSA) is 108 Å². The molecule has 202 valence electrons. The van der Waals surface area contributed by atoms with Gasteiger partial charge in [-0.05, 0) is 38.1 Å². The highest BCUT2D eigenvalue weighted by Crippen LogP contribution is 2.34. The van der Waals surface area contributed by atoms with Gasteiger partial charge >= 0.3 is 12.1 Å². The Morgan fingerprint density at radius 3 is 2.45 bits per heavy atom. The number of hydrogen-bond acceptors (Lipinski definition) is 7. The van der Waals surface area contributed by atoms with Crippen LogP contribution in [0.15, 0.2) is 66.5 Å². The molecule has 2 heterocycles. The number of carbonyl (C=O) groups excluding carboxylic acids is 2. The van der Waals surface area contributed by atoms with E-state index in [-0.39, 0.29) is 34.8 Å².